The van der Waals surface area contributed by atoms with E-state index in [1.807, 2.05) is 15.3 Å². The summed E-state index contributed by atoms with van der Waals surface area (Å²) in [6, 6.07) is 0. The van der Waals surface area contributed by atoms with E-state index in [4.69, 9.17) is 0 Å². The van der Waals surface area contributed by atoms with Crippen LogP contribution in [0.2, 0.25) is 0 Å². The molecule has 0 N–H and O–H groups in total. The molecule has 0 amide bonds. The Labute approximate surface area is 116 Å². The van der Waals surface area contributed by atoms with Gasteiger partial charge in [0.1, 0.15) is 11.6 Å². The second kappa shape index (κ2) is 4.16. The number of hydrogen-bond donors (Lipinski definition) is 0. The summed E-state index contributed by atoms with van der Waals surface area (Å²) in [5.41, 5.74) is 0. The minimum absolute atomic E-state index is 0.324. The molecule has 2 aliphatic heterocycles. The third-order valence-corrected chi connectivity index (χ3v) is 5.84. The summed E-state index contributed by atoms with van der Waals surface area (Å²) in [6.07, 6.45) is 6.92. The lowest BCUT2D eigenvalue weighted by Gasteiger charge is -2.26. The molecule has 2 aromatic heterocycles. The van der Waals surface area contributed by atoms with Crippen LogP contribution < -0.4 is 0 Å². The van der Waals surface area contributed by atoms with Crippen LogP contribution in [0.4, 0.5) is 0 Å². The topological polar surface area (TPSA) is 73.0 Å². The molecule has 0 saturated heterocycles. The molecule has 8 heteroatoms. The van der Waals surface area contributed by atoms with Crippen LogP contribution in [0.25, 0.3) is 0 Å². The summed E-state index contributed by atoms with van der Waals surface area (Å²) < 4.78 is 30.9. The predicted molar refractivity (Wildman–Crippen MR) is 70.4 cm³/mol. The van der Waals surface area contributed by atoms with Crippen LogP contribution in [0.15, 0.2) is 23.6 Å². The van der Waals surface area contributed by atoms with E-state index in [1.165, 1.54) is 10.5 Å². The lowest BCUT2D eigenvalue weighted by molar-refractivity contribution is 0.333. The standard InChI is InChI=1S/C12H15N5O2S/c18-20(19,12-8-14-10-2-1-4-17(10)12)16-7-6-15-5-3-13-11(15)9-16/h3,5,8H,1-2,4,6-7,9H2. The second-order valence-electron chi connectivity index (χ2n) is 5.14. The van der Waals surface area contributed by atoms with E-state index in [0.29, 0.717) is 24.7 Å². The molecule has 0 bridgehead atoms. The Kier molecular flexibility index (Phi) is 2.52. The molecular weight excluding hydrogens is 278 g/mol. The molecule has 4 heterocycles. The van der Waals surface area contributed by atoms with Gasteiger partial charge < -0.3 is 9.13 Å². The molecule has 2 aromatic rings. The first-order valence-electron chi connectivity index (χ1n) is 6.71. The molecule has 0 aromatic carbocycles. The van der Waals surface area contributed by atoms with Gasteiger partial charge in [0.05, 0.1) is 12.7 Å². The number of hydrogen-bond acceptors (Lipinski definition) is 4. The van der Waals surface area contributed by atoms with Crippen LogP contribution in [0.5, 0.6) is 0 Å². The van der Waals surface area contributed by atoms with Crippen LogP contribution in [0, 0.1) is 0 Å². The van der Waals surface area contributed by atoms with Gasteiger partial charge in [-0.15, -0.1) is 0 Å². The fourth-order valence-electron chi connectivity index (χ4n) is 2.92. The summed E-state index contributed by atoms with van der Waals surface area (Å²) in [5, 5.41) is 0.324. The van der Waals surface area contributed by atoms with Crippen molar-refractivity contribution in [3.05, 3.63) is 30.2 Å². The van der Waals surface area contributed by atoms with Crippen molar-refractivity contribution in [3.63, 3.8) is 0 Å². The highest BCUT2D eigenvalue weighted by atomic mass is 32.2. The minimum atomic E-state index is -3.48. The highest BCUT2D eigenvalue weighted by Gasteiger charge is 2.33. The number of imidazole rings is 2. The Morgan fingerprint density at radius 2 is 2.00 bits per heavy atom. The lowest BCUT2D eigenvalue weighted by atomic mass is 10.4. The van der Waals surface area contributed by atoms with Gasteiger partial charge in [-0.3, -0.25) is 0 Å². The fourth-order valence-corrected chi connectivity index (χ4v) is 4.46. The average molecular weight is 293 g/mol. The molecule has 0 fully saturated rings. The molecule has 7 nitrogen and oxygen atoms in total. The summed E-state index contributed by atoms with van der Waals surface area (Å²) in [5.74, 6) is 1.67. The molecule has 0 unspecified atom stereocenters. The van der Waals surface area contributed by atoms with Gasteiger partial charge in [0.2, 0.25) is 0 Å². The van der Waals surface area contributed by atoms with Gasteiger partial charge in [0, 0.05) is 38.4 Å². The van der Waals surface area contributed by atoms with E-state index in [2.05, 4.69) is 9.97 Å². The number of rotatable bonds is 2. The third-order valence-electron chi connectivity index (χ3n) is 4.00. The van der Waals surface area contributed by atoms with E-state index in [0.717, 1.165) is 31.0 Å². The maximum Gasteiger partial charge on any atom is 0.260 e. The van der Waals surface area contributed by atoms with Crippen LogP contribution in [0.1, 0.15) is 18.1 Å². The zero-order valence-electron chi connectivity index (χ0n) is 10.9. The van der Waals surface area contributed by atoms with Crippen LogP contribution in [0.3, 0.4) is 0 Å². The number of aryl methyl sites for hydroxylation is 1. The Morgan fingerprint density at radius 3 is 2.90 bits per heavy atom. The fraction of sp³-hybridized carbons (Fsp3) is 0.500. The molecule has 0 radical (unpaired) electrons. The first kappa shape index (κ1) is 12.1. The predicted octanol–water partition coefficient (Wildman–Crippen LogP) is 0.230. The SMILES string of the molecule is O=S(=O)(c1cnc2n1CCC2)N1CCn2ccnc2C1. The zero-order valence-corrected chi connectivity index (χ0v) is 11.8. The summed E-state index contributed by atoms with van der Waals surface area (Å²) >= 11 is 0. The molecule has 20 heavy (non-hydrogen) atoms. The van der Waals surface area contributed by atoms with E-state index in [9.17, 15) is 8.42 Å². The van der Waals surface area contributed by atoms with Gasteiger partial charge >= 0.3 is 0 Å². The Balaban J connectivity index is 1.71. The Morgan fingerprint density at radius 1 is 1.10 bits per heavy atom. The van der Waals surface area contributed by atoms with Gasteiger partial charge in [0.25, 0.3) is 10.0 Å². The Hall–Kier alpha value is -1.67. The minimum Gasteiger partial charge on any atom is -0.333 e. The highest BCUT2D eigenvalue weighted by Crippen LogP contribution is 2.25. The van der Waals surface area contributed by atoms with Crippen molar-refractivity contribution < 1.29 is 8.42 Å². The molecule has 4 rings (SSSR count). The number of fused-ring (bicyclic) bond motifs is 2. The maximum atomic E-state index is 12.8. The largest absolute Gasteiger partial charge is 0.333 e. The van der Waals surface area contributed by atoms with E-state index < -0.39 is 10.0 Å². The van der Waals surface area contributed by atoms with Crippen molar-refractivity contribution in [1.29, 1.82) is 0 Å². The van der Waals surface area contributed by atoms with Gasteiger partial charge in [-0.2, -0.15) is 4.31 Å². The third kappa shape index (κ3) is 1.64. The number of nitrogens with zero attached hydrogens (tertiary/aromatic N) is 5. The molecule has 0 saturated carbocycles. The first-order valence-corrected chi connectivity index (χ1v) is 8.15. The van der Waals surface area contributed by atoms with Crippen LogP contribution in [-0.4, -0.2) is 38.4 Å². The number of aromatic nitrogens is 4. The monoisotopic (exact) mass is 293 g/mol. The van der Waals surface area contributed by atoms with Gasteiger partial charge in [-0.1, -0.05) is 0 Å². The quantitative estimate of drug-likeness (QED) is 0.794. The highest BCUT2D eigenvalue weighted by molar-refractivity contribution is 7.89. The molecule has 0 atom stereocenters. The molecule has 106 valence electrons. The van der Waals surface area contributed by atoms with Gasteiger partial charge in [-0.25, -0.2) is 18.4 Å². The molecular formula is C12H15N5O2S. The van der Waals surface area contributed by atoms with E-state index in [1.54, 1.807) is 6.20 Å². The summed E-state index contributed by atoms with van der Waals surface area (Å²) in [7, 11) is -3.48. The van der Waals surface area contributed by atoms with Gasteiger partial charge in [0.15, 0.2) is 5.03 Å². The first-order chi connectivity index (χ1) is 9.66. The lowest BCUT2D eigenvalue weighted by Crippen LogP contribution is -2.39. The summed E-state index contributed by atoms with van der Waals surface area (Å²) in [6.45, 7) is 2.20. The van der Waals surface area contributed by atoms with E-state index in [-0.39, 0.29) is 0 Å². The van der Waals surface area contributed by atoms with Gasteiger partial charge in [-0.05, 0) is 6.42 Å². The molecule has 2 aliphatic rings. The van der Waals surface area contributed by atoms with Crippen molar-refractivity contribution in [1.82, 2.24) is 23.4 Å². The normalized spacial score (nSPS) is 19.0. The Bertz CT molecular complexity index is 761. The van der Waals surface area contributed by atoms with Crippen LogP contribution >= 0.6 is 0 Å². The smallest absolute Gasteiger partial charge is 0.260 e. The average Bonchev–Trinajstić information content (AvgIpc) is 3.13. The van der Waals surface area contributed by atoms with Crippen molar-refractivity contribution in [2.45, 2.75) is 37.5 Å². The zero-order chi connectivity index (χ0) is 13.7. The summed E-state index contributed by atoms with van der Waals surface area (Å²) in [4.78, 5) is 8.44. The van der Waals surface area contributed by atoms with Crippen LogP contribution in [-0.2, 0) is 36.1 Å². The van der Waals surface area contributed by atoms with Crippen molar-refractivity contribution >= 4 is 10.0 Å². The van der Waals surface area contributed by atoms with Crippen molar-refractivity contribution in [2.75, 3.05) is 6.54 Å². The van der Waals surface area contributed by atoms with Crippen molar-refractivity contribution in [3.8, 4) is 0 Å². The molecule has 0 spiro atoms. The molecule has 0 aliphatic carbocycles. The second-order valence-corrected chi connectivity index (χ2v) is 7.03. The van der Waals surface area contributed by atoms with Crippen molar-refractivity contribution in [2.24, 2.45) is 0 Å². The number of sulfonamides is 1. The maximum absolute atomic E-state index is 12.8. The van der Waals surface area contributed by atoms with E-state index >= 15 is 0 Å².